The maximum absolute atomic E-state index is 12.5. The van der Waals surface area contributed by atoms with Crippen LogP contribution in [0.4, 0.5) is 11.5 Å². The van der Waals surface area contributed by atoms with Crippen LogP contribution >= 0.6 is 0 Å². The Hall–Kier alpha value is -3.39. The molecule has 0 spiro atoms. The molecule has 3 N–H and O–H groups in total. The second-order valence-electron chi connectivity index (χ2n) is 7.22. The first kappa shape index (κ1) is 17.7. The van der Waals surface area contributed by atoms with Crippen LogP contribution in [0.3, 0.4) is 0 Å². The molecule has 29 heavy (non-hydrogen) atoms. The van der Waals surface area contributed by atoms with Gasteiger partial charge in [-0.25, -0.2) is 9.50 Å². The highest BCUT2D eigenvalue weighted by Crippen LogP contribution is 2.33. The first-order valence-corrected chi connectivity index (χ1v) is 9.76. The fourth-order valence-corrected chi connectivity index (χ4v) is 4.08. The van der Waals surface area contributed by atoms with Gasteiger partial charge in [-0.15, -0.1) is 0 Å². The predicted octanol–water partition coefficient (Wildman–Crippen LogP) is 2.79. The first-order chi connectivity index (χ1) is 14.2. The van der Waals surface area contributed by atoms with Gasteiger partial charge in [0.1, 0.15) is 5.65 Å². The van der Waals surface area contributed by atoms with E-state index in [1.54, 1.807) is 19.4 Å². The van der Waals surface area contributed by atoms with Gasteiger partial charge in [0.2, 0.25) is 0 Å². The summed E-state index contributed by atoms with van der Waals surface area (Å²) < 4.78 is 7.30. The van der Waals surface area contributed by atoms with E-state index in [0.717, 1.165) is 48.2 Å². The van der Waals surface area contributed by atoms with Crippen LogP contribution in [0.1, 0.15) is 24.5 Å². The number of anilines is 2. The number of pyridine rings is 1. The Balaban J connectivity index is 1.70. The molecule has 5 rings (SSSR count). The molecule has 0 amide bonds. The van der Waals surface area contributed by atoms with Crippen molar-refractivity contribution in [2.45, 2.75) is 18.8 Å². The lowest BCUT2D eigenvalue weighted by Gasteiger charge is -2.23. The Labute approximate surface area is 166 Å². The van der Waals surface area contributed by atoms with Crippen LogP contribution in [0.5, 0.6) is 5.75 Å². The number of hydrogen-bond donors (Lipinski definition) is 3. The van der Waals surface area contributed by atoms with Crippen molar-refractivity contribution >= 4 is 28.1 Å². The van der Waals surface area contributed by atoms with Crippen molar-refractivity contribution in [1.29, 1.82) is 0 Å². The van der Waals surface area contributed by atoms with E-state index in [0.29, 0.717) is 23.1 Å². The number of methoxy groups -OCH3 is 1. The lowest BCUT2D eigenvalue weighted by atomic mass is 9.94. The SMILES string of the molecule is COc1cccnc1Nc1cccc2nn3c(C4CCNCC4)cc(=O)[nH]c3c12. The Kier molecular flexibility index (Phi) is 4.40. The summed E-state index contributed by atoms with van der Waals surface area (Å²) in [4.78, 5) is 19.9. The molecule has 0 radical (unpaired) electrons. The van der Waals surface area contributed by atoms with Gasteiger partial charge in [0.25, 0.3) is 5.56 Å². The Morgan fingerprint density at radius 2 is 2.07 bits per heavy atom. The van der Waals surface area contributed by atoms with Gasteiger partial charge in [-0.2, -0.15) is 5.10 Å². The Morgan fingerprint density at radius 1 is 1.21 bits per heavy atom. The summed E-state index contributed by atoms with van der Waals surface area (Å²) in [5.74, 6) is 1.56. The van der Waals surface area contributed by atoms with Crippen molar-refractivity contribution in [1.82, 2.24) is 24.9 Å². The van der Waals surface area contributed by atoms with Crippen LogP contribution in [0.15, 0.2) is 47.4 Å². The highest BCUT2D eigenvalue weighted by Gasteiger charge is 2.21. The number of H-pyrrole nitrogens is 1. The lowest BCUT2D eigenvalue weighted by molar-refractivity contribution is 0.415. The number of fused-ring (bicyclic) bond motifs is 3. The second kappa shape index (κ2) is 7.21. The zero-order valence-electron chi connectivity index (χ0n) is 16.1. The number of rotatable bonds is 4. The molecule has 8 nitrogen and oxygen atoms in total. The van der Waals surface area contributed by atoms with E-state index < -0.39 is 0 Å². The molecule has 0 unspecified atom stereocenters. The molecule has 1 aliphatic heterocycles. The monoisotopic (exact) mass is 390 g/mol. The number of ether oxygens (including phenoxy) is 1. The number of nitrogens with zero attached hydrogens (tertiary/aromatic N) is 3. The fraction of sp³-hybridized carbons (Fsp3) is 0.286. The van der Waals surface area contributed by atoms with Gasteiger partial charge in [0.05, 0.1) is 29.4 Å². The Bertz CT molecular complexity index is 1240. The van der Waals surface area contributed by atoms with E-state index in [1.807, 2.05) is 34.8 Å². The van der Waals surface area contributed by atoms with Gasteiger partial charge >= 0.3 is 0 Å². The van der Waals surface area contributed by atoms with Crippen molar-refractivity contribution in [2.24, 2.45) is 0 Å². The molecule has 1 aromatic carbocycles. The summed E-state index contributed by atoms with van der Waals surface area (Å²) in [5.41, 5.74) is 3.16. The summed E-state index contributed by atoms with van der Waals surface area (Å²) in [6, 6.07) is 11.2. The average molecular weight is 390 g/mol. The third-order valence-corrected chi connectivity index (χ3v) is 5.47. The highest BCUT2D eigenvalue weighted by molar-refractivity contribution is 6.03. The van der Waals surface area contributed by atoms with Crippen LogP contribution in [-0.4, -0.2) is 39.8 Å². The summed E-state index contributed by atoms with van der Waals surface area (Å²) >= 11 is 0. The lowest BCUT2D eigenvalue weighted by Crippen LogP contribution is -2.28. The van der Waals surface area contributed by atoms with Crippen LogP contribution in [0.25, 0.3) is 16.6 Å². The predicted molar refractivity (Wildman–Crippen MR) is 112 cm³/mol. The van der Waals surface area contributed by atoms with Crippen molar-refractivity contribution in [3.63, 3.8) is 0 Å². The Morgan fingerprint density at radius 3 is 2.90 bits per heavy atom. The average Bonchev–Trinajstić information content (AvgIpc) is 3.13. The van der Waals surface area contributed by atoms with Gasteiger partial charge < -0.3 is 20.4 Å². The quantitative estimate of drug-likeness (QED) is 0.496. The number of nitrogens with one attached hydrogen (secondary N) is 3. The fourth-order valence-electron chi connectivity index (χ4n) is 4.08. The molecule has 1 saturated heterocycles. The number of hydrogen-bond acceptors (Lipinski definition) is 6. The second-order valence-corrected chi connectivity index (χ2v) is 7.22. The minimum absolute atomic E-state index is 0.113. The number of benzene rings is 1. The zero-order valence-corrected chi connectivity index (χ0v) is 16.1. The summed E-state index contributed by atoms with van der Waals surface area (Å²) in [6.07, 6.45) is 3.69. The third-order valence-electron chi connectivity index (χ3n) is 5.47. The number of aromatic amines is 1. The minimum atomic E-state index is -0.113. The molecule has 0 bridgehead atoms. The van der Waals surface area contributed by atoms with E-state index in [4.69, 9.17) is 9.84 Å². The van der Waals surface area contributed by atoms with Gasteiger partial charge in [-0.1, -0.05) is 6.07 Å². The maximum Gasteiger partial charge on any atom is 0.251 e. The molecule has 1 aliphatic rings. The smallest absolute Gasteiger partial charge is 0.251 e. The molecule has 3 aromatic heterocycles. The zero-order chi connectivity index (χ0) is 19.8. The summed E-state index contributed by atoms with van der Waals surface area (Å²) in [7, 11) is 1.61. The van der Waals surface area contributed by atoms with E-state index in [2.05, 4.69) is 20.6 Å². The van der Waals surface area contributed by atoms with Crippen molar-refractivity contribution in [3.05, 3.63) is 58.6 Å². The normalized spacial score (nSPS) is 15.1. The van der Waals surface area contributed by atoms with E-state index in [-0.39, 0.29) is 5.56 Å². The molecule has 8 heteroatoms. The van der Waals surface area contributed by atoms with Gasteiger partial charge in [0.15, 0.2) is 11.6 Å². The molecule has 0 aliphatic carbocycles. The summed E-state index contributed by atoms with van der Waals surface area (Å²) in [6.45, 7) is 1.90. The topological polar surface area (TPSA) is 96.3 Å². The molecule has 4 aromatic rings. The third kappa shape index (κ3) is 3.11. The van der Waals surface area contributed by atoms with Crippen LogP contribution in [0, 0.1) is 0 Å². The number of piperidine rings is 1. The molecule has 0 saturated carbocycles. The largest absolute Gasteiger partial charge is 0.493 e. The minimum Gasteiger partial charge on any atom is -0.493 e. The molecule has 148 valence electrons. The molecular weight excluding hydrogens is 368 g/mol. The molecular formula is C21H22N6O2. The molecule has 4 heterocycles. The van der Waals surface area contributed by atoms with Crippen LogP contribution < -0.4 is 20.9 Å². The van der Waals surface area contributed by atoms with Crippen molar-refractivity contribution in [3.8, 4) is 5.75 Å². The maximum atomic E-state index is 12.5. The van der Waals surface area contributed by atoms with Gasteiger partial charge in [0, 0.05) is 18.2 Å². The van der Waals surface area contributed by atoms with Gasteiger partial charge in [-0.3, -0.25) is 4.79 Å². The highest BCUT2D eigenvalue weighted by atomic mass is 16.5. The van der Waals surface area contributed by atoms with Gasteiger partial charge in [-0.05, 0) is 50.2 Å². The standard InChI is InChI=1S/C21H22N6O2/c1-29-17-6-3-9-23-20(17)24-14-4-2-5-15-19(14)21-25-18(28)12-16(27(21)26-15)13-7-10-22-11-8-13/h2-6,9,12-13,22H,7-8,10-11H2,1H3,(H,23,24)(H,25,28). The van der Waals surface area contributed by atoms with Crippen LogP contribution in [-0.2, 0) is 0 Å². The van der Waals surface area contributed by atoms with E-state index in [1.165, 1.54) is 0 Å². The molecule has 0 atom stereocenters. The molecule has 1 fully saturated rings. The van der Waals surface area contributed by atoms with E-state index in [9.17, 15) is 4.79 Å². The number of aromatic nitrogens is 4. The first-order valence-electron chi connectivity index (χ1n) is 9.76. The summed E-state index contributed by atoms with van der Waals surface area (Å²) in [5, 5.41) is 12.4. The van der Waals surface area contributed by atoms with Crippen LogP contribution in [0.2, 0.25) is 0 Å². The van der Waals surface area contributed by atoms with Crippen molar-refractivity contribution < 1.29 is 4.74 Å². The van der Waals surface area contributed by atoms with E-state index >= 15 is 0 Å². The van der Waals surface area contributed by atoms with Crippen molar-refractivity contribution in [2.75, 3.05) is 25.5 Å².